The van der Waals surface area contributed by atoms with Gasteiger partial charge in [-0.25, -0.2) is 4.98 Å². The molecule has 0 spiro atoms. The summed E-state index contributed by atoms with van der Waals surface area (Å²) in [6, 6.07) is 18.6. The molecule has 0 radical (unpaired) electrons. The topological polar surface area (TPSA) is 16.1 Å². The molecule has 0 unspecified atom stereocenters. The van der Waals surface area contributed by atoms with E-state index in [2.05, 4.69) is 48.2 Å². The fourth-order valence-corrected chi connectivity index (χ4v) is 3.62. The Bertz CT molecular complexity index is 852. The summed E-state index contributed by atoms with van der Waals surface area (Å²) in [5.41, 5.74) is 4.41. The fraction of sp³-hybridized carbons (Fsp3) is 0.286. The summed E-state index contributed by atoms with van der Waals surface area (Å²) >= 11 is 6.22. The molecule has 1 aliphatic rings. The summed E-state index contributed by atoms with van der Waals surface area (Å²) in [5.74, 6) is 0.817. The van der Waals surface area contributed by atoms with E-state index in [1.165, 1.54) is 23.9 Å². The molecule has 3 aromatic rings. The van der Waals surface area contributed by atoms with Crippen LogP contribution in [0.2, 0.25) is 5.02 Å². The van der Waals surface area contributed by atoms with E-state index in [1.54, 1.807) is 0 Å². The predicted octanol–water partition coefficient (Wildman–Crippen LogP) is 5.79. The molecule has 1 aliphatic heterocycles. The zero-order chi connectivity index (χ0) is 16.5. The van der Waals surface area contributed by atoms with Crippen molar-refractivity contribution in [3.63, 3.8) is 0 Å². The molecule has 4 rings (SSSR count). The second-order valence-corrected chi connectivity index (χ2v) is 7.16. The first-order valence-electron chi connectivity index (χ1n) is 8.61. The van der Waals surface area contributed by atoms with Crippen LogP contribution in [0.3, 0.4) is 0 Å². The molecular formula is C21H21ClN2. The van der Waals surface area contributed by atoms with Crippen LogP contribution in [0.5, 0.6) is 0 Å². The SMILES string of the molecule is CC1CCN(c2cc(-c3ccccc3)nc3cc(Cl)ccc23)CC1. The van der Waals surface area contributed by atoms with Gasteiger partial charge in [-0.15, -0.1) is 0 Å². The molecule has 0 aliphatic carbocycles. The van der Waals surface area contributed by atoms with Gasteiger partial charge in [0.05, 0.1) is 11.2 Å². The van der Waals surface area contributed by atoms with Crippen molar-refractivity contribution in [2.75, 3.05) is 18.0 Å². The van der Waals surface area contributed by atoms with Crippen LogP contribution in [0.25, 0.3) is 22.2 Å². The average Bonchev–Trinajstić information content (AvgIpc) is 2.62. The highest BCUT2D eigenvalue weighted by atomic mass is 35.5. The Morgan fingerprint density at radius 1 is 1.00 bits per heavy atom. The highest BCUT2D eigenvalue weighted by molar-refractivity contribution is 6.31. The van der Waals surface area contributed by atoms with Gasteiger partial charge in [-0.05, 0) is 43.0 Å². The van der Waals surface area contributed by atoms with E-state index in [-0.39, 0.29) is 0 Å². The molecule has 1 fully saturated rings. The van der Waals surface area contributed by atoms with Crippen LogP contribution >= 0.6 is 11.6 Å². The van der Waals surface area contributed by atoms with Crippen molar-refractivity contribution in [2.45, 2.75) is 19.8 Å². The number of nitrogens with zero attached hydrogens (tertiary/aromatic N) is 2. The Morgan fingerprint density at radius 3 is 2.50 bits per heavy atom. The number of piperidine rings is 1. The molecule has 0 saturated carbocycles. The summed E-state index contributed by atoms with van der Waals surface area (Å²) in [7, 11) is 0. The summed E-state index contributed by atoms with van der Waals surface area (Å²) in [5, 5.41) is 1.92. The molecular weight excluding hydrogens is 316 g/mol. The van der Waals surface area contributed by atoms with Crippen molar-refractivity contribution in [2.24, 2.45) is 5.92 Å². The first-order chi connectivity index (χ1) is 11.7. The van der Waals surface area contributed by atoms with Gasteiger partial charge in [0.1, 0.15) is 0 Å². The first kappa shape index (κ1) is 15.5. The Kier molecular flexibility index (Phi) is 4.15. The maximum atomic E-state index is 6.22. The van der Waals surface area contributed by atoms with Crippen LogP contribution < -0.4 is 4.90 Å². The maximum absolute atomic E-state index is 6.22. The van der Waals surface area contributed by atoms with Crippen LogP contribution in [-0.4, -0.2) is 18.1 Å². The number of rotatable bonds is 2. The van der Waals surface area contributed by atoms with Gasteiger partial charge in [-0.3, -0.25) is 0 Å². The minimum Gasteiger partial charge on any atom is -0.371 e. The van der Waals surface area contributed by atoms with Crippen LogP contribution in [0, 0.1) is 5.92 Å². The number of aromatic nitrogens is 1. The monoisotopic (exact) mass is 336 g/mol. The number of benzene rings is 2. The van der Waals surface area contributed by atoms with E-state index in [0.29, 0.717) is 0 Å². The van der Waals surface area contributed by atoms with Crippen LogP contribution in [0.1, 0.15) is 19.8 Å². The lowest BCUT2D eigenvalue weighted by Gasteiger charge is -2.33. The third-order valence-corrected chi connectivity index (χ3v) is 5.18. The zero-order valence-corrected chi connectivity index (χ0v) is 14.6. The lowest BCUT2D eigenvalue weighted by molar-refractivity contribution is 0.439. The van der Waals surface area contributed by atoms with Gasteiger partial charge in [0.2, 0.25) is 0 Å². The van der Waals surface area contributed by atoms with Crippen molar-refractivity contribution >= 4 is 28.2 Å². The van der Waals surface area contributed by atoms with E-state index in [1.807, 2.05) is 18.2 Å². The lowest BCUT2D eigenvalue weighted by Crippen LogP contribution is -2.32. The number of hydrogen-bond donors (Lipinski definition) is 0. The molecule has 2 heterocycles. The highest BCUT2D eigenvalue weighted by Gasteiger charge is 2.19. The standard InChI is InChI=1S/C21H21ClN2/c1-15-9-11-24(12-10-15)21-14-19(16-5-3-2-4-6-16)23-20-13-17(22)7-8-18(20)21/h2-8,13-15H,9-12H2,1H3. The number of anilines is 1. The lowest BCUT2D eigenvalue weighted by atomic mass is 9.98. The first-order valence-corrected chi connectivity index (χ1v) is 8.99. The second kappa shape index (κ2) is 6.45. The zero-order valence-electron chi connectivity index (χ0n) is 13.9. The summed E-state index contributed by atoms with van der Waals surface area (Å²) in [4.78, 5) is 7.37. The normalized spacial score (nSPS) is 15.8. The molecule has 0 N–H and O–H groups in total. The van der Waals surface area contributed by atoms with Crippen LogP contribution in [0.15, 0.2) is 54.6 Å². The smallest absolute Gasteiger partial charge is 0.0745 e. The van der Waals surface area contributed by atoms with Gasteiger partial charge in [0, 0.05) is 34.7 Å². The van der Waals surface area contributed by atoms with Crippen molar-refractivity contribution in [1.29, 1.82) is 0 Å². The van der Waals surface area contributed by atoms with Gasteiger partial charge < -0.3 is 4.90 Å². The fourth-order valence-electron chi connectivity index (χ4n) is 3.45. The third kappa shape index (κ3) is 2.99. The molecule has 122 valence electrons. The molecule has 3 heteroatoms. The largest absolute Gasteiger partial charge is 0.371 e. The molecule has 2 aromatic carbocycles. The molecule has 0 atom stereocenters. The summed E-state index contributed by atoms with van der Waals surface area (Å²) in [6.45, 7) is 4.56. The number of fused-ring (bicyclic) bond motifs is 1. The van der Waals surface area contributed by atoms with E-state index in [4.69, 9.17) is 16.6 Å². The minimum atomic E-state index is 0.735. The Hall–Kier alpha value is -2.06. The third-order valence-electron chi connectivity index (χ3n) is 4.94. The Morgan fingerprint density at radius 2 is 1.75 bits per heavy atom. The van der Waals surface area contributed by atoms with Gasteiger partial charge in [0.15, 0.2) is 0 Å². The van der Waals surface area contributed by atoms with E-state index < -0.39 is 0 Å². The summed E-state index contributed by atoms with van der Waals surface area (Å²) < 4.78 is 0. The summed E-state index contributed by atoms with van der Waals surface area (Å²) in [6.07, 6.45) is 2.50. The molecule has 24 heavy (non-hydrogen) atoms. The van der Waals surface area contributed by atoms with Gasteiger partial charge in [-0.1, -0.05) is 48.9 Å². The van der Waals surface area contributed by atoms with E-state index >= 15 is 0 Å². The van der Waals surface area contributed by atoms with E-state index in [9.17, 15) is 0 Å². The highest BCUT2D eigenvalue weighted by Crippen LogP contribution is 2.34. The molecule has 0 bridgehead atoms. The van der Waals surface area contributed by atoms with Crippen molar-refractivity contribution in [3.8, 4) is 11.3 Å². The molecule has 1 aromatic heterocycles. The Balaban J connectivity index is 1.87. The number of pyridine rings is 1. The van der Waals surface area contributed by atoms with Crippen molar-refractivity contribution in [1.82, 2.24) is 4.98 Å². The van der Waals surface area contributed by atoms with Gasteiger partial charge in [0.25, 0.3) is 0 Å². The van der Waals surface area contributed by atoms with Crippen LogP contribution in [0.4, 0.5) is 5.69 Å². The molecule has 2 nitrogen and oxygen atoms in total. The molecule has 0 amide bonds. The number of hydrogen-bond acceptors (Lipinski definition) is 2. The number of halogens is 1. The van der Waals surface area contributed by atoms with Crippen molar-refractivity contribution in [3.05, 3.63) is 59.6 Å². The predicted molar refractivity (Wildman–Crippen MR) is 103 cm³/mol. The second-order valence-electron chi connectivity index (χ2n) is 6.72. The van der Waals surface area contributed by atoms with Crippen LogP contribution in [-0.2, 0) is 0 Å². The van der Waals surface area contributed by atoms with E-state index in [0.717, 1.165) is 40.8 Å². The Labute approximate surface area is 148 Å². The molecule has 1 saturated heterocycles. The average molecular weight is 337 g/mol. The minimum absolute atomic E-state index is 0.735. The quantitative estimate of drug-likeness (QED) is 0.588. The van der Waals surface area contributed by atoms with Gasteiger partial charge in [-0.2, -0.15) is 0 Å². The maximum Gasteiger partial charge on any atom is 0.0745 e. The van der Waals surface area contributed by atoms with Crippen molar-refractivity contribution < 1.29 is 0 Å². The van der Waals surface area contributed by atoms with Gasteiger partial charge >= 0.3 is 0 Å².